The summed E-state index contributed by atoms with van der Waals surface area (Å²) < 4.78 is 1.29. The van der Waals surface area contributed by atoms with Gasteiger partial charge in [-0.05, 0) is 40.8 Å². The molecule has 66 valence electrons. The Morgan fingerprint density at radius 3 is 2.00 bits per heavy atom. The van der Waals surface area contributed by atoms with E-state index in [0.717, 1.165) is 6.29 Å². The van der Waals surface area contributed by atoms with Gasteiger partial charge >= 0.3 is 0 Å². The molecule has 1 aromatic rings. The number of nitrogens with zero attached hydrogens (tertiary/aromatic N) is 1. The number of allylic oxidation sites excluding steroid dienone is 1. The van der Waals surface area contributed by atoms with Gasteiger partial charge < -0.3 is 0 Å². The molecule has 0 N–H and O–H groups in total. The SMILES string of the molecule is Ic1ccccc1.O=CC1=NC=C1. The highest BCUT2D eigenvalue weighted by Gasteiger charge is 1.92. The molecule has 3 heteroatoms. The first-order chi connectivity index (χ1) is 6.33. The number of aliphatic imine (C=N–C) groups is 1. The van der Waals surface area contributed by atoms with Crippen molar-refractivity contribution in [2.75, 3.05) is 0 Å². The number of hydrogen-bond donors (Lipinski definition) is 0. The van der Waals surface area contributed by atoms with Crippen molar-refractivity contribution >= 4 is 34.6 Å². The Balaban J connectivity index is 0.000000132. The quantitative estimate of drug-likeness (QED) is 0.575. The summed E-state index contributed by atoms with van der Waals surface area (Å²) in [5.41, 5.74) is 0.537. The van der Waals surface area contributed by atoms with E-state index in [4.69, 9.17) is 0 Å². The molecule has 2 nitrogen and oxygen atoms in total. The molecule has 0 saturated carbocycles. The predicted octanol–water partition coefficient (Wildman–Crippen LogP) is 2.44. The van der Waals surface area contributed by atoms with Crippen LogP contribution in [-0.2, 0) is 4.79 Å². The number of aldehydes is 1. The first-order valence-corrected chi connectivity index (χ1v) is 4.81. The van der Waals surface area contributed by atoms with Gasteiger partial charge in [-0.15, -0.1) is 0 Å². The lowest BCUT2D eigenvalue weighted by Crippen LogP contribution is -1.98. The zero-order chi connectivity index (χ0) is 9.52. The lowest BCUT2D eigenvalue weighted by atomic mass is 10.3. The maximum absolute atomic E-state index is 9.61. The van der Waals surface area contributed by atoms with E-state index in [1.807, 2.05) is 18.2 Å². The van der Waals surface area contributed by atoms with Crippen LogP contribution in [0, 0.1) is 3.57 Å². The van der Waals surface area contributed by atoms with Gasteiger partial charge in [0.1, 0.15) is 5.71 Å². The summed E-state index contributed by atoms with van der Waals surface area (Å²) in [5, 5.41) is 0. The van der Waals surface area contributed by atoms with Crippen molar-refractivity contribution < 1.29 is 4.79 Å². The molecular weight excluding hydrogens is 277 g/mol. The topological polar surface area (TPSA) is 29.4 Å². The molecule has 0 atom stereocenters. The summed E-state index contributed by atoms with van der Waals surface area (Å²) in [4.78, 5) is 13.2. The first kappa shape index (κ1) is 10.1. The molecule has 0 fully saturated rings. The summed E-state index contributed by atoms with van der Waals surface area (Å²) in [6.07, 6.45) is 3.97. The van der Waals surface area contributed by atoms with Crippen LogP contribution in [0.1, 0.15) is 0 Å². The van der Waals surface area contributed by atoms with Gasteiger partial charge in [0.05, 0.1) is 0 Å². The van der Waals surface area contributed by atoms with Gasteiger partial charge in [-0.2, -0.15) is 0 Å². The normalized spacial score (nSPS) is 11.9. The minimum Gasteiger partial charge on any atom is -0.296 e. The molecule has 0 aliphatic carbocycles. The smallest absolute Gasteiger partial charge is 0.168 e. The third-order valence-corrected chi connectivity index (χ3v) is 2.04. The van der Waals surface area contributed by atoms with Crippen LogP contribution in [0.4, 0.5) is 0 Å². The van der Waals surface area contributed by atoms with E-state index in [-0.39, 0.29) is 0 Å². The molecule has 2 rings (SSSR count). The highest BCUT2D eigenvalue weighted by atomic mass is 127. The number of benzene rings is 1. The van der Waals surface area contributed by atoms with Gasteiger partial charge in [-0.1, -0.05) is 18.2 Å². The number of halogens is 1. The van der Waals surface area contributed by atoms with E-state index in [1.54, 1.807) is 12.3 Å². The van der Waals surface area contributed by atoms with Gasteiger partial charge in [0.2, 0.25) is 0 Å². The maximum Gasteiger partial charge on any atom is 0.168 e. The third-order valence-electron chi connectivity index (χ3n) is 1.32. The standard InChI is InChI=1S/C6H5I.C4H3NO/c7-6-4-2-1-3-5-6;6-3-4-1-2-5-4/h1-5H;1-3H. The highest BCUT2D eigenvalue weighted by Crippen LogP contribution is 1.99. The Morgan fingerprint density at radius 1 is 1.23 bits per heavy atom. The second kappa shape index (κ2) is 5.64. The number of hydrogen-bond acceptors (Lipinski definition) is 2. The van der Waals surface area contributed by atoms with Crippen molar-refractivity contribution in [1.29, 1.82) is 0 Å². The lowest BCUT2D eigenvalue weighted by Gasteiger charge is -1.90. The molecule has 0 radical (unpaired) electrons. The Labute approximate surface area is 90.5 Å². The van der Waals surface area contributed by atoms with E-state index in [9.17, 15) is 4.79 Å². The van der Waals surface area contributed by atoms with Gasteiger partial charge in [0.25, 0.3) is 0 Å². The van der Waals surface area contributed by atoms with Crippen molar-refractivity contribution in [2.45, 2.75) is 0 Å². The summed E-state index contributed by atoms with van der Waals surface area (Å²) in [6.45, 7) is 0. The molecule has 13 heavy (non-hydrogen) atoms. The average molecular weight is 285 g/mol. The van der Waals surface area contributed by atoms with Crippen LogP contribution in [0.3, 0.4) is 0 Å². The largest absolute Gasteiger partial charge is 0.296 e. The van der Waals surface area contributed by atoms with E-state index in [2.05, 4.69) is 39.7 Å². The summed E-state index contributed by atoms with van der Waals surface area (Å²) in [7, 11) is 0. The lowest BCUT2D eigenvalue weighted by molar-refractivity contribution is -0.102. The molecule has 0 unspecified atom stereocenters. The van der Waals surface area contributed by atoms with Crippen LogP contribution < -0.4 is 0 Å². The fourth-order valence-electron chi connectivity index (χ4n) is 0.645. The monoisotopic (exact) mass is 285 g/mol. The van der Waals surface area contributed by atoms with Crippen LogP contribution >= 0.6 is 22.6 Å². The van der Waals surface area contributed by atoms with E-state index in [0.29, 0.717) is 5.71 Å². The second-order valence-electron chi connectivity index (χ2n) is 2.28. The van der Waals surface area contributed by atoms with Gasteiger partial charge in [-0.3, -0.25) is 9.79 Å². The van der Waals surface area contributed by atoms with Crippen LogP contribution in [-0.4, -0.2) is 12.0 Å². The first-order valence-electron chi connectivity index (χ1n) is 3.73. The van der Waals surface area contributed by atoms with Gasteiger partial charge in [0, 0.05) is 9.77 Å². The molecule has 1 aromatic carbocycles. The molecule has 1 heterocycles. The molecule has 0 saturated heterocycles. The summed E-state index contributed by atoms with van der Waals surface area (Å²) in [6, 6.07) is 10.2. The summed E-state index contributed by atoms with van der Waals surface area (Å²) in [5.74, 6) is 0. The molecule has 1 aliphatic rings. The van der Waals surface area contributed by atoms with Gasteiger partial charge in [-0.25, -0.2) is 0 Å². The zero-order valence-electron chi connectivity index (χ0n) is 6.85. The maximum atomic E-state index is 9.61. The van der Waals surface area contributed by atoms with Crippen LogP contribution in [0.15, 0.2) is 47.6 Å². The second-order valence-corrected chi connectivity index (χ2v) is 3.53. The van der Waals surface area contributed by atoms with Crippen LogP contribution in [0.25, 0.3) is 0 Å². The minimum absolute atomic E-state index is 0.537. The third kappa shape index (κ3) is 3.98. The van der Waals surface area contributed by atoms with Crippen molar-refractivity contribution in [3.05, 3.63) is 46.2 Å². The molecule has 0 aromatic heterocycles. The van der Waals surface area contributed by atoms with Crippen molar-refractivity contribution in [3.8, 4) is 0 Å². The molecular formula is C10H8INO. The Hall–Kier alpha value is -0.970. The van der Waals surface area contributed by atoms with E-state index in [1.165, 1.54) is 3.57 Å². The number of carbonyl (C=O) groups is 1. The Morgan fingerprint density at radius 2 is 1.85 bits per heavy atom. The molecule has 0 spiro atoms. The summed E-state index contributed by atoms with van der Waals surface area (Å²) >= 11 is 2.28. The highest BCUT2D eigenvalue weighted by molar-refractivity contribution is 14.1. The molecule has 0 bridgehead atoms. The van der Waals surface area contributed by atoms with Crippen LogP contribution in [0.2, 0.25) is 0 Å². The zero-order valence-corrected chi connectivity index (χ0v) is 9.01. The number of carbonyl (C=O) groups excluding carboxylic acids is 1. The predicted molar refractivity (Wildman–Crippen MR) is 61.8 cm³/mol. The van der Waals surface area contributed by atoms with E-state index >= 15 is 0 Å². The Bertz CT molecular complexity index is 326. The fraction of sp³-hybridized carbons (Fsp3) is 0. The minimum atomic E-state index is 0.537. The molecule has 1 aliphatic heterocycles. The van der Waals surface area contributed by atoms with Crippen LogP contribution in [0.5, 0.6) is 0 Å². The van der Waals surface area contributed by atoms with E-state index < -0.39 is 0 Å². The van der Waals surface area contributed by atoms with Crippen molar-refractivity contribution in [2.24, 2.45) is 4.99 Å². The number of rotatable bonds is 1. The fourth-order valence-corrected chi connectivity index (χ4v) is 1.06. The molecule has 0 amide bonds. The van der Waals surface area contributed by atoms with Gasteiger partial charge in [0.15, 0.2) is 6.29 Å². The Kier molecular flexibility index (Phi) is 4.39. The van der Waals surface area contributed by atoms with Crippen molar-refractivity contribution in [1.82, 2.24) is 0 Å². The average Bonchev–Trinajstić information content (AvgIpc) is 2.04. The van der Waals surface area contributed by atoms with Crippen molar-refractivity contribution in [3.63, 3.8) is 0 Å².